The summed E-state index contributed by atoms with van der Waals surface area (Å²) in [4.78, 5) is 12.0. The molecule has 2 atom stereocenters. The first-order valence-corrected chi connectivity index (χ1v) is 7.07. The van der Waals surface area contributed by atoms with Gasteiger partial charge in [0.25, 0.3) is 0 Å². The fourth-order valence-corrected chi connectivity index (χ4v) is 2.25. The molecule has 0 radical (unpaired) electrons. The van der Waals surface area contributed by atoms with Gasteiger partial charge in [0.2, 0.25) is 5.91 Å². The predicted octanol–water partition coefficient (Wildman–Crippen LogP) is 1.17. The molecule has 20 heavy (non-hydrogen) atoms. The van der Waals surface area contributed by atoms with E-state index in [1.54, 1.807) is 0 Å². The maximum absolute atomic E-state index is 12.0. The smallest absolute Gasteiger partial charge is 0.220 e. The van der Waals surface area contributed by atoms with Crippen LogP contribution in [-0.2, 0) is 4.79 Å². The molecule has 0 saturated heterocycles. The Labute approximate surface area is 120 Å². The van der Waals surface area contributed by atoms with Crippen LogP contribution in [0.1, 0.15) is 58.8 Å². The molecule has 0 bridgehead atoms. The number of nitrogens with zero attached hydrogens (tertiary/aromatic N) is 3. The number of tetrazole rings is 1. The monoisotopic (exact) mass is 282 g/mol. The standard InChI is InChI=1S/C13H26N6O/c1-9(12-16-18-19-17-12)15-11(20)6-5-10(7-8-14)13(2,3)4/h9-10H,5-8,14H2,1-4H3,(H,15,20)(H,16,17,18,19). The van der Waals surface area contributed by atoms with Crippen molar-refractivity contribution in [1.29, 1.82) is 0 Å². The number of nitrogens with one attached hydrogen (secondary N) is 2. The molecule has 1 amide bonds. The van der Waals surface area contributed by atoms with Crippen molar-refractivity contribution in [2.45, 2.75) is 53.0 Å². The molecule has 7 nitrogen and oxygen atoms in total. The van der Waals surface area contributed by atoms with E-state index in [9.17, 15) is 4.79 Å². The van der Waals surface area contributed by atoms with E-state index in [0.29, 0.717) is 24.7 Å². The van der Waals surface area contributed by atoms with Crippen molar-refractivity contribution in [3.63, 3.8) is 0 Å². The summed E-state index contributed by atoms with van der Waals surface area (Å²) < 4.78 is 0. The van der Waals surface area contributed by atoms with Crippen molar-refractivity contribution in [3.8, 4) is 0 Å². The van der Waals surface area contributed by atoms with Crippen molar-refractivity contribution in [3.05, 3.63) is 5.82 Å². The second-order valence-electron chi connectivity index (χ2n) is 6.24. The number of hydrogen-bond donors (Lipinski definition) is 3. The third kappa shape index (κ3) is 5.24. The molecule has 1 aromatic rings. The summed E-state index contributed by atoms with van der Waals surface area (Å²) in [6.07, 6.45) is 2.27. The summed E-state index contributed by atoms with van der Waals surface area (Å²) in [5.41, 5.74) is 5.82. The van der Waals surface area contributed by atoms with Crippen LogP contribution in [0.15, 0.2) is 0 Å². The number of aromatic amines is 1. The van der Waals surface area contributed by atoms with E-state index in [1.807, 2.05) is 6.92 Å². The zero-order chi connectivity index (χ0) is 15.2. The van der Waals surface area contributed by atoms with Crippen molar-refractivity contribution >= 4 is 5.91 Å². The summed E-state index contributed by atoms with van der Waals surface area (Å²) in [6, 6.07) is -0.233. The van der Waals surface area contributed by atoms with Crippen LogP contribution in [-0.4, -0.2) is 33.1 Å². The predicted molar refractivity (Wildman–Crippen MR) is 76.6 cm³/mol. The maximum Gasteiger partial charge on any atom is 0.220 e. The van der Waals surface area contributed by atoms with E-state index in [1.165, 1.54) is 0 Å². The Morgan fingerprint density at radius 2 is 2.10 bits per heavy atom. The topological polar surface area (TPSA) is 110 Å². The quantitative estimate of drug-likeness (QED) is 0.695. The molecule has 0 aliphatic heterocycles. The van der Waals surface area contributed by atoms with Crippen LogP contribution in [0.4, 0.5) is 0 Å². The Balaban J connectivity index is 2.42. The second kappa shape index (κ2) is 7.33. The molecule has 0 aliphatic rings. The number of amides is 1. The highest BCUT2D eigenvalue weighted by Crippen LogP contribution is 2.32. The molecule has 0 spiro atoms. The molecule has 7 heteroatoms. The molecule has 4 N–H and O–H groups in total. The zero-order valence-corrected chi connectivity index (χ0v) is 12.8. The molecule has 0 aliphatic carbocycles. The van der Waals surface area contributed by atoms with Gasteiger partial charge >= 0.3 is 0 Å². The maximum atomic E-state index is 12.0. The summed E-state index contributed by atoms with van der Waals surface area (Å²) in [5, 5.41) is 16.4. The van der Waals surface area contributed by atoms with Gasteiger partial charge in [-0.05, 0) is 37.6 Å². The van der Waals surface area contributed by atoms with E-state index in [2.05, 4.69) is 46.7 Å². The number of aromatic nitrogens is 4. The average Bonchev–Trinajstić information content (AvgIpc) is 2.86. The van der Waals surface area contributed by atoms with Crippen LogP contribution in [0.25, 0.3) is 0 Å². The lowest BCUT2D eigenvalue weighted by Gasteiger charge is -2.30. The van der Waals surface area contributed by atoms with Gasteiger partial charge in [-0.25, -0.2) is 0 Å². The van der Waals surface area contributed by atoms with Gasteiger partial charge in [0.1, 0.15) is 0 Å². The Bertz CT molecular complexity index is 397. The van der Waals surface area contributed by atoms with Gasteiger partial charge in [0, 0.05) is 6.42 Å². The summed E-state index contributed by atoms with van der Waals surface area (Å²) in [5.74, 6) is 0.944. The number of nitrogens with two attached hydrogens (primary N) is 1. The largest absolute Gasteiger partial charge is 0.346 e. The fourth-order valence-electron chi connectivity index (χ4n) is 2.25. The minimum absolute atomic E-state index is 0.00794. The van der Waals surface area contributed by atoms with Crippen LogP contribution in [0.2, 0.25) is 0 Å². The Hall–Kier alpha value is -1.50. The number of carbonyl (C=O) groups excluding carboxylic acids is 1. The van der Waals surface area contributed by atoms with Crippen molar-refractivity contribution in [1.82, 2.24) is 25.9 Å². The zero-order valence-electron chi connectivity index (χ0n) is 12.8. The van der Waals surface area contributed by atoms with Crippen LogP contribution in [0.5, 0.6) is 0 Å². The lowest BCUT2D eigenvalue weighted by molar-refractivity contribution is -0.122. The fraction of sp³-hybridized carbons (Fsp3) is 0.846. The van der Waals surface area contributed by atoms with Gasteiger partial charge in [-0.2, -0.15) is 5.21 Å². The van der Waals surface area contributed by atoms with Gasteiger partial charge in [0.05, 0.1) is 6.04 Å². The Morgan fingerprint density at radius 3 is 2.60 bits per heavy atom. The normalized spacial score (nSPS) is 14.8. The molecular formula is C13H26N6O. The van der Waals surface area contributed by atoms with Gasteiger partial charge < -0.3 is 11.1 Å². The van der Waals surface area contributed by atoms with Crippen LogP contribution in [0, 0.1) is 11.3 Å². The first kappa shape index (κ1) is 16.6. The van der Waals surface area contributed by atoms with Gasteiger partial charge in [-0.15, -0.1) is 10.2 Å². The Morgan fingerprint density at radius 1 is 1.40 bits per heavy atom. The average molecular weight is 282 g/mol. The molecular weight excluding hydrogens is 256 g/mol. The lowest BCUT2D eigenvalue weighted by atomic mass is 9.76. The summed E-state index contributed by atoms with van der Waals surface area (Å²) in [6.45, 7) is 9.06. The lowest BCUT2D eigenvalue weighted by Crippen LogP contribution is -2.30. The van der Waals surface area contributed by atoms with E-state index in [4.69, 9.17) is 5.73 Å². The third-order valence-electron chi connectivity index (χ3n) is 3.59. The minimum atomic E-state index is -0.233. The summed E-state index contributed by atoms with van der Waals surface area (Å²) >= 11 is 0. The SMILES string of the molecule is CC(NC(=O)CCC(CCN)C(C)(C)C)c1nn[nH]n1. The van der Waals surface area contributed by atoms with Crippen LogP contribution >= 0.6 is 0 Å². The van der Waals surface area contributed by atoms with Crippen LogP contribution in [0.3, 0.4) is 0 Å². The first-order valence-electron chi connectivity index (χ1n) is 7.07. The molecule has 114 valence electrons. The van der Waals surface area contributed by atoms with Crippen molar-refractivity contribution in [2.75, 3.05) is 6.54 Å². The number of hydrogen-bond acceptors (Lipinski definition) is 5. The van der Waals surface area contributed by atoms with E-state index in [-0.39, 0.29) is 17.4 Å². The third-order valence-corrected chi connectivity index (χ3v) is 3.59. The number of rotatable bonds is 7. The molecule has 1 aromatic heterocycles. The molecule has 0 fully saturated rings. The van der Waals surface area contributed by atoms with Crippen molar-refractivity contribution in [2.24, 2.45) is 17.1 Å². The van der Waals surface area contributed by atoms with E-state index >= 15 is 0 Å². The van der Waals surface area contributed by atoms with Gasteiger partial charge in [0.15, 0.2) is 5.82 Å². The van der Waals surface area contributed by atoms with E-state index < -0.39 is 0 Å². The van der Waals surface area contributed by atoms with E-state index in [0.717, 1.165) is 12.8 Å². The highest BCUT2D eigenvalue weighted by molar-refractivity contribution is 5.76. The first-order chi connectivity index (χ1) is 9.34. The Kier molecular flexibility index (Phi) is 6.06. The highest BCUT2D eigenvalue weighted by atomic mass is 16.1. The molecule has 1 rings (SSSR count). The van der Waals surface area contributed by atoms with Crippen molar-refractivity contribution < 1.29 is 4.79 Å². The molecule has 0 saturated carbocycles. The molecule has 0 aromatic carbocycles. The van der Waals surface area contributed by atoms with Crippen LogP contribution < -0.4 is 11.1 Å². The second-order valence-corrected chi connectivity index (χ2v) is 6.24. The molecule has 2 unspecified atom stereocenters. The molecule has 1 heterocycles. The van der Waals surface area contributed by atoms with Gasteiger partial charge in [-0.3, -0.25) is 4.79 Å². The van der Waals surface area contributed by atoms with Gasteiger partial charge in [-0.1, -0.05) is 26.0 Å². The number of H-pyrrole nitrogens is 1. The minimum Gasteiger partial charge on any atom is -0.346 e. The summed E-state index contributed by atoms with van der Waals surface area (Å²) in [7, 11) is 0. The highest BCUT2D eigenvalue weighted by Gasteiger charge is 2.24. The number of carbonyl (C=O) groups is 1.